The van der Waals surface area contributed by atoms with Crippen LogP contribution in [0.15, 0.2) is 33.7 Å². The van der Waals surface area contributed by atoms with Crippen LogP contribution in [0.4, 0.5) is 0 Å². The maximum atomic E-state index is 10.1. The quantitative estimate of drug-likeness (QED) is 0.796. The van der Waals surface area contributed by atoms with Gasteiger partial charge in [-0.3, -0.25) is 0 Å². The van der Waals surface area contributed by atoms with Gasteiger partial charge in [0.15, 0.2) is 10.8 Å². The van der Waals surface area contributed by atoms with E-state index in [2.05, 4.69) is 33.1 Å². The lowest BCUT2D eigenvalue weighted by Crippen LogP contribution is -2.42. The molecule has 2 fully saturated rings. The molecule has 1 saturated heterocycles. The van der Waals surface area contributed by atoms with E-state index in [1.807, 2.05) is 38.1 Å². The monoisotopic (exact) mass is 386 g/mol. The fourth-order valence-corrected chi connectivity index (χ4v) is 4.87. The molecule has 7 heteroatoms. The van der Waals surface area contributed by atoms with Gasteiger partial charge in [-0.1, -0.05) is 35.0 Å². The van der Waals surface area contributed by atoms with E-state index in [0.717, 1.165) is 10.0 Å². The molecule has 24 heavy (non-hydrogen) atoms. The second-order valence-electron chi connectivity index (χ2n) is 6.67. The van der Waals surface area contributed by atoms with E-state index in [1.165, 1.54) is 0 Å². The number of hydrogen-bond acceptors (Lipinski definition) is 6. The number of hydrogen-bond donors (Lipinski definition) is 1. The van der Waals surface area contributed by atoms with Gasteiger partial charge in [0, 0.05) is 9.89 Å². The van der Waals surface area contributed by atoms with Crippen LogP contribution in [0.25, 0.3) is 0 Å². The molecule has 5 atom stereocenters. The average Bonchev–Trinajstić information content (AvgIpc) is 2.75. The van der Waals surface area contributed by atoms with Crippen LogP contribution in [0, 0.1) is 33.5 Å². The van der Waals surface area contributed by atoms with Gasteiger partial charge in [-0.2, -0.15) is 10.5 Å². The molecule has 0 unspecified atom stereocenters. The summed E-state index contributed by atoms with van der Waals surface area (Å²) in [5.41, 5.74) is 3.55. The Labute approximate surface area is 148 Å². The molecular formula is C17H15BrN4O2. The van der Waals surface area contributed by atoms with Gasteiger partial charge in [-0.15, -0.1) is 0 Å². The molecule has 122 valence electrons. The van der Waals surface area contributed by atoms with E-state index in [1.54, 1.807) is 0 Å². The Bertz CT molecular complexity index is 857. The minimum atomic E-state index is -1.52. The summed E-state index contributed by atoms with van der Waals surface area (Å²) in [5.74, 6) is -1.42. The number of rotatable bonds is 1. The van der Waals surface area contributed by atoms with Gasteiger partial charge in [0.2, 0.25) is 0 Å². The van der Waals surface area contributed by atoms with Gasteiger partial charge in [-0.25, -0.2) is 4.99 Å². The predicted octanol–water partition coefficient (Wildman–Crippen LogP) is 2.20. The van der Waals surface area contributed by atoms with Gasteiger partial charge >= 0.3 is 0 Å². The van der Waals surface area contributed by atoms with E-state index < -0.39 is 22.2 Å². The highest BCUT2D eigenvalue weighted by Gasteiger charge is 3.00. The van der Waals surface area contributed by atoms with Crippen molar-refractivity contribution in [2.45, 2.75) is 31.3 Å². The molecule has 1 saturated carbocycles. The SMILES string of the molecule is C[C@@H]1CO[C@]2(N=C(N)[C@@]3(C#N)[C@](C)(c4ccc(Br)cc4)[C@@]23C#N)O1. The Morgan fingerprint density at radius 2 is 1.96 bits per heavy atom. The zero-order valence-corrected chi connectivity index (χ0v) is 14.8. The molecule has 0 radical (unpaired) electrons. The predicted molar refractivity (Wildman–Crippen MR) is 88.4 cm³/mol. The molecule has 2 N–H and O–H groups in total. The molecule has 1 aliphatic carbocycles. The summed E-state index contributed by atoms with van der Waals surface area (Å²) in [6.07, 6.45) is -0.226. The molecule has 2 heterocycles. The molecule has 1 spiro atoms. The van der Waals surface area contributed by atoms with E-state index in [-0.39, 0.29) is 11.9 Å². The Hall–Kier alpha value is -1.93. The van der Waals surface area contributed by atoms with Crippen molar-refractivity contribution in [2.75, 3.05) is 6.61 Å². The number of nitrogens with zero attached hydrogens (tertiary/aromatic N) is 3. The van der Waals surface area contributed by atoms with Gasteiger partial charge in [0.1, 0.15) is 5.84 Å². The van der Waals surface area contributed by atoms with Crippen LogP contribution in [0.5, 0.6) is 0 Å². The molecule has 4 rings (SSSR count). The van der Waals surface area contributed by atoms with Gasteiger partial charge < -0.3 is 15.2 Å². The van der Waals surface area contributed by atoms with Crippen LogP contribution < -0.4 is 5.73 Å². The van der Waals surface area contributed by atoms with Crippen LogP contribution in [-0.2, 0) is 14.9 Å². The first-order valence-electron chi connectivity index (χ1n) is 7.61. The zero-order chi connectivity index (χ0) is 17.4. The van der Waals surface area contributed by atoms with Crippen molar-refractivity contribution >= 4 is 21.8 Å². The number of halogens is 1. The van der Waals surface area contributed by atoms with Crippen LogP contribution in [0.1, 0.15) is 19.4 Å². The summed E-state index contributed by atoms with van der Waals surface area (Å²) in [5, 5.41) is 20.2. The van der Waals surface area contributed by atoms with Crippen molar-refractivity contribution in [3.63, 3.8) is 0 Å². The Morgan fingerprint density at radius 1 is 1.29 bits per heavy atom. The van der Waals surface area contributed by atoms with Crippen molar-refractivity contribution in [2.24, 2.45) is 21.6 Å². The highest BCUT2D eigenvalue weighted by molar-refractivity contribution is 9.10. The van der Waals surface area contributed by atoms with E-state index >= 15 is 0 Å². The van der Waals surface area contributed by atoms with E-state index in [0.29, 0.717) is 6.61 Å². The van der Waals surface area contributed by atoms with E-state index in [9.17, 15) is 10.5 Å². The maximum Gasteiger partial charge on any atom is 0.294 e. The second kappa shape index (κ2) is 4.37. The Morgan fingerprint density at radius 3 is 2.46 bits per heavy atom. The van der Waals surface area contributed by atoms with Crippen molar-refractivity contribution < 1.29 is 9.47 Å². The number of ether oxygens (including phenoxy) is 2. The number of amidine groups is 1. The molecule has 1 aromatic rings. The maximum absolute atomic E-state index is 10.1. The summed E-state index contributed by atoms with van der Waals surface area (Å²) in [7, 11) is 0. The minimum absolute atomic E-state index is 0.103. The van der Waals surface area contributed by atoms with E-state index in [4.69, 9.17) is 15.2 Å². The van der Waals surface area contributed by atoms with Crippen molar-refractivity contribution in [1.29, 1.82) is 10.5 Å². The van der Waals surface area contributed by atoms with Crippen LogP contribution in [-0.4, -0.2) is 24.5 Å². The lowest BCUT2D eigenvalue weighted by Gasteiger charge is -2.30. The summed E-state index contributed by atoms with van der Waals surface area (Å²) in [6, 6.07) is 12.1. The van der Waals surface area contributed by atoms with Crippen LogP contribution in [0.3, 0.4) is 0 Å². The number of nitrogens with two attached hydrogens (primary N) is 1. The molecule has 6 nitrogen and oxygen atoms in total. The third kappa shape index (κ3) is 1.26. The zero-order valence-electron chi connectivity index (χ0n) is 13.2. The summed E-state index contributed by atoms with van der Waals surface area (Å²) >= 11 is 3.41. The van der Waals surface area contributed by atoms with Crippen LogP contribution in [0.2, 0.25) is 0 Å². The number of fused-ring (bicyclic) bond motifs is 2. The molecule has 0 amide bonds. The fraction of sp³-hybridized carbons (Fsp3) is 0.471. The first-order chi connectivity index (χ1) is 11.3. The van der Waals surface area contributed by atoms with Crippen molar-refractivity contribution in [3.05, 3.63) is 34.3 Å². The lowest BCUT2D eigenvalue weighted by molar-refractivity contribution is -0.196. The Balaban J connectivity index is 1.98. The average molecular weight is 387 g/mol. The summed E-state index contributed by atoms with van der Waals surface area (Å²) < 4.78 is 12.7. The molecule has 3 aliphatic rings. The van der Waals surface area contributed by atoms with Gasteiger partial charge in [0.05, 0.1) is 24.8 Å². The highest BCUT2D eigenvalue weighted by Crippen LogP contribution is 2.85. The third-order valence-corrected chi connectivity index (χ3v) is 6.29. The topological polar surface area (TPSA) is 104 Å². The largest absolute Gasteiger partial charge is 0.386 e. The third-order valence-electron chi connectivity index (χ3n) is 5.76. The molecule has 0 bridgehead atoms. The highest BCUT2D eigenvalue weighted by atomic mass is 79.9. The Kier molecular flexibility index (Phi) is 2.84. The van der Waals surface area contributed by atoms with Gasteiger partial charge in [-0.05, 0) is 24.6 Å². The minimum Gasteiger partial charge on any atom is -0.386 e. The molecule has 2 aliphatic heterocycles. The van der Waals surface area contributed by atoms with Gasteiger partial charge in [0.25, 0.3) is 5.91 Å². The number of aliphatic imine (C=N–C) groups is 1. The second-order valence-corrected chi connectivity index (χ2v) is 7.59. The first kappa shape index (κ1) is 15.6. The fourth-order valence-electron chi connectivity index (χ4n) is 4.61. The standard InChI is InChI=1S/C17H15BrN4O2/c1-10-7-23-17(24-10)16(9-20)14(2,11-3-5-12(18)6-4-11)15(16,8-19)13(21)22-17/h3-6,10H,7H2,1-2H3,(H2,21,22)/t10-,14+,15+,16-,17+/m1/s1. The lowest BCUT2D eigenvalue weighted by atomic mass is 9.85. The summed E-state index contributed by atoms with van der Waals surface area (Å²) in [6.45, 7) is 4.01. The number of benzene rings is 1. The normalized spacial score (nSPS) is 45.4. The smallest absolute Gasteiger partial charge is 0.294 e. The van der Waals surface area contributed by atoms with Crippen molar-refractivity contribution in [1.82, 2.24) is 0 Å². The molecular weight excluding hydrogens is 372 g/mol. The molecule has 0 aromatic heterocycles. The van der Waals surface area contributed by atoms with Crippen LogP contribution >= 0.6 is 15.9 Å². The van der Waals surface area contributed by atoms with Crippen molar-refractivity contribution in [3.8, 4) is 12.1 Å². The molecule has 1 aromatic carbocycles. The summed E-state index contributed by atoms with van der Waals surface area (Å²) in [4.78, 5) is 4.32. The number of nitriles is 2. The first-order valence-corrected chi connectivity index (χ1v) is 8.40.